The Morgan fingerprint density at radius 2 is 2.00 bits per heavy atom. The van der Waals surface area contributed by atoms with Gasteiger partial charge in [0, 0.05) is 13.1 Å². The van der Waals surface area contributed by atoms with E-state index in [0.717, 1.165) is 24.8 Å². The summed E-state index contributed by atoms with van der Waals surface area (Å²) in [7, 11) is -3.54. The van der Waals surface area contributed by atoms with Gasteiger partial charge in [-0.3, -0.25) is 4.72 Å². The molecule has 0 aromatic heterocycles. The van der Waals surface area contributed by atoms with Crippen LogP contribution in [0.5, 0.6) is 5.75 Å². The number of hydrogen-bond acceptors (Lipinski definition) is 3. The van der Waals surface area contributed by atoms with Crippen molar-refractivity contribution in [2.45, 2.75) is 26.2 Å². The number of aromatic hydroxyl groups is 1. The van der Waals surface area contributed by atoms with Crippen molar-refractivity contribution in [2.24, 2.45) is 0 Å². The van der Waals surface area contributed by atoms with Gasteiger partial charge in [0.1, 0.15) is 5.75 Å². The zero-order chi connectivity index (χ0) is 13.2. The first-order valence-corrected chi connectivity index (χ1v) is 7.56. The van der Waals surface area contributed by atoms with E-state index in [1.807, 2.05) is 6.92 Å². The average molecular weight is 270 g/mol. The molecular formula is C12H18N2O3S. The fraction of sp³-hybridized carbons (Fsp3) is 0.500. The van der Waals surface area contributed by atoms with E-state index < -0.39 is 10.2 Å². The van der Waals surface area contributed by atoms with Crippen molar-refractivity contribution in [3.63, 3.8) is 0 Å². The van der Waals surface area contributed by atoms with Crippen molar-refractivity contribution >= 4 is 15.9 Å². The highest BCUT2D eigenvalue weighted by molar-refractivity contribution is 7.90. The van der Waals surface area contributed by atoms with Crippen LogP contribution in [-0.4, -0.2) is 30.9 Å². The number of nitrogens with zero attached hydrogens (tertiary/aromatic N) is 1. The number of benzene rings is 1. The van der Waals surface area contributed by atoms with Crippen LogP contribution in [0.3, 0.4) is 0 Å². The maximum atomic E-state index is 12.1. The van der Waals surface area contributed by atoms with Gasteiger partial charge in [-0.1, -0.05) is 13.0 Å². The monoisotopic (exact) mass is 270 g/mol. The largest absolute Gasteiger partial charge is 0.506 e. The molecular weight excluding hydrogens is 252 g/mol. The van der Waals surface area contributed by atoms with E-state index in [9.17, 15) is 13.5 Å². The summed E-state index contributed by atoms with van der Waals surface area (Å²) in [6.45, 7) is 3.07. The second-order valence-corrected chi connectivity index (χ2v) is 6.09. The molecule has 1 fully saturated rings. The molecule has 0 radical (unpaired) electrons. The van der Waals surface area contributed by atoms with Crippen molar-refractivity contribution in [3.05, 3.63) is 23.8 Å². The Morgan fingerprint density at radius 3 is 2.61 bits per heavy atom. The van der Waals surface area contributed by atoms with E-state index in [0.29, 0.717) is 13.1 Å². The number of rotatable bonds is 4. The predicted molar refractivity (Wildman–Crippen MR) is 70.8 cm³/mol. The van der Waals surface area contributed by atoms with E-state index in [4.69, 9.17) is 0 Å². The molecule has 0 atom stereocenters. The van der Waals surface area contributed by atoms with Gasteiger partial charge in [-0.05, 0) is 37.0 Å². The van der Waals surface area contributed by atoms with Crippen molar-refractivity contribution in [2.75, 3.05) is 17.8 Å². The molecule has 0 spiro atoms. The lowest BCUT2D eigenvalue weighted by molar-refractivity contribution is 0.472. The Labute approximate surface area is 108 Å². The maximum Gasteiger partial charge on any atom is 0.301 e. The normalized spacial score (nSPS) is 16.9. The molecule has 1 saturated heterocycles. The third-order valence-corrected chi connectivity index (χ3v) is 4.64. The predicted octanol–water partition coefficient (Wildman–Crippen LogP) is 1.71. The van der Waals surface area contributed by atoms with E-state index in [1.165, 1.54) is 10.4 Å². The molecule has 0 aliphatic carbocycles. The first kappa shape index (κ1) is 13.2. The second-order valence-electron chi connectivity index (χ2n) is 4.42. The summed E-state index contributed by atoms with van der Waals surface area (Å²) in [5.74, 6) is -0.0463. The highest BCUT2D eigenvalue weighted by Gasteiger charge is 2.25. The summed E-state index contributed by atoms with van der Waals surface area (Å²) in [6.07, 6.45) is 2.57. The van der Waals surface area contributed by atoms with Crippen molar-refractivity contribution in [3.8, 4) is 5.75 Å². The van der Waals surface area contributed by atoms with Gasteiger partial charge in [-0.2, -0.15) is 12.7 Å². The Hall–Kier alpha value is -1.27. The molecule has 6 heteroatoms. The number of aryl methyl sites for hydroxylation is 1. The summed E-state index contributed by atoms with van der Waals surface area (Å²) in [4.78, 5) is 0. The van der Waals surface area contributed by atoms with Crippen LogP contribution < -0.4 is 4.72 Å². The maximum absolute atomic E-state index is 12.1. The molecule has 0 saturated carbocycles. The topological polar surface area (TPSA) is 69.6 Å². The minimum absolute atomic E-state index is 0.0463. The number of anilines is 1. The highest BCUT2D eigenvalue weighted by atomic mass is 32.2. The van der Waals surface area contributed by atoms with Crippen LogP contribution >= 0.6 is 0 Å². The zero-order valence-electron chi connectivity index (χ0n) is 10.4. The molecule has 2 rings (SSSR count). The SMILES string of the molecule is CCc1ccc(O)c(NS(=O)(=O)N2CCCC2)c1. The third kappa shape index (κ3) is 2.76. The Balaban J connectivity index is 2.22. The molecule has 100 valence electrons. The Kier molecular flexibility index (Phi) is 3.77. The molecule has 0 bridgehead atoms. The second kappa shape index (κ2) is 5.16. The van der Waals surface area contributed by atoms with Crippen LogP contribution in [0.4, 0.5) is 5.69 Å². The summed E-state index contributed by atoms with van der Waals surface area (Å²) in [5.41, 5.74) is 1.23. The van der Waals surface area contributed by atoms with Crippen LogP contribution in [0.15, 0.2) is 18.2 Å². The summed E-state index contributed by atoms with van der Waals surface area (Å²) >= 11 is 0. The first-order valence-electron chi connectivity index (χ1n) is 6.12. The minimum Gasteiger partial charge on any atom is -0.506 e. The van der Waals surface area contributed by atoms with Crippen LogP contribution in [0.1, 0.15) is 25.3 Å². The van der Waals surface area contributed by atoms with Gasteiger partial charge in [-0.25, -0.2) is 0 Å². The first-order chi connectivity index (χ1) is 8.53. The highest BCUT2D eigenvalue weighted by Crippen LogP contribution is 2.26. The number of phenols is 1. The minimum atomic E-state index is -3.54. The van der Waals surface area contributed by atoms with Gasteiger partial charge in [0.2, 0.25) is 0 Å². The van der Waals surface area contributed by atoms with Gasteiger partial charge in [-0.15, -0.1) is 0 Å². The molecule has 1 aliphatic rings. The molecule has 1 aromatic carbocycles. The van der Waals surface area contributed by atoms with E-state index in [-0.39, 0.29) is 11.4 Å². The van der Waals surface area contributed by atoms with Crippen molar-refractivity contribution < 1.29 is 13.5 Å². The molecule has 0 unspecified atom stereocenters. The molecule has 18 heavy (non-hydrogen) atoms. The van der Waals surface area contributed by atoms with Crippen LogP contribution in [0.25, 0.3) is 0 Å². The van der Waals surface area contributed by atoms with Crippen LogP contribution in [0, 0.1) is 0 Å². The molecule has 2 N–H and O–H groups in total. The smallest absolute Gasteiger partial charge is 0.301 e. The molecule has 1 aliphatic heterocycles. The fourth-order valence-electron chi connectivity index (χ4n) is 2.02. The summed E-state index contributed by atoms with van der Waals surface area (Å²) < 4.78 is 28.0. The van der Waals surface area contributed by atoms with E-state index >= 15 is 0 Å². The van der Waals surface area contributed by atoms with Crippen LogP contribution in [-0.2, 0) is 16.6 Å². The van der Waals surface area contributed by atoms with Gasteiger partial charge in [0.25, 0.3) is 0 Å². The summed E-state index contributed by atoms with van der Waals surface area (Å²) in [6, 6.07) is 4.96. The Morgan fingerprint density at radius 1 is 1.33 bits per heavy atom. The van der Waals surface area contributed by atoms with Gasteiger partial charge < -0.3 is 5.11 Å². The van der Waals surface area contributed by atoms with Gasteiger partial charge in [0.05, 0.1) is 5.69 Å². The van der Waals surface area contributed by atoms with E-state index in [2.05, 4.69) is 4.72 Å². The quantitative estimate of drug-likeness (QED) is 0.818. The lowest BCUT2D eigenvalue weighted by atomic mass is 10.1. The Bertz CT molecular complexity index is 522. The number of nitrogens with one attached hydrogen (secondary N) is 1. The zero-order valence-corrected chi connectivity index (χ0v) is 11.2. The van der Waals surface area contributed by atoms with E-state index in [1.54, 1.807) is 12.1 Å². The molecule has 1 heterocycles. The van der Waals surface area contributed by atoms with Crippen molar-refractivity contribution in [1.82, 2.24) is 4.31 Å². The van der Waals surface area contributed by atoms with Crippen molar-refractivity contribution in [1.29, 1.82) is 0 Å². The van der Waals surface area contributed by atoms with Crippen LogP contribution in [0.2, 0.25) is 0 Å². The number of hydrogen-bond donors (Lipinski definition) is 2. The third-order valence-electron chi connectivity index (χ3n) is 3.11. The lowest BCUT2D eigenvalue weighted by Crippen LogP contribution is -2.33. The molecule has 1 aromatic rings. The average Bonchev–Trinajstić information content (AvgIpc) is 2.86. The van der Waals surface area contributed by atoms with Gasteiger partial charge >= 0.3 is 10.2 Å². The van der Waals surface area contributed by atoms with Gasteiger partial charge in [0.15, 0.2) is 0 Å². The molecule has 5 nitrogen and oxygen atoms in total. The number of phenolic OH excluding ortho intramolecular Hbond substituents is 1. The molecule has 0 amide bonds. The fourth-order valence-corrected chi connectivity index (χ4v) is 3.33. The summed E-state index contributed by atoms with van der Waals surface area (Å²) in [5, 5.41) is 9.69. The standard InChI is InChI=1S/C12H18N2O3S/c1-2-10-5-6-12(15)11(9-10)13-18(16,17)14-7-3-4-8-14/h5-6,9,13,15H,2-4,7-8H2,1H3. The lowest BCUT2D eigenvalue weighted by Gasteiger charge is -2.17.